The third-order valence-corrected chi connectivity index (χ3v) is 2.28. The average molecular weight is 174 g/mol. The fourth-order valence-corrected chi connectivity index (χ4v) is 1.59. The maximum Gasteiger partial charge on any atom is 0.0976 e. The standard InChI is InChI=1S/C11H23F/c1-4-5-6-7-8-10(2)9-11(3)12/h10-11H,4-9H2,1-3H3. The SMILES string of the molecule is CCCCCCC(C)CC(C)F. The van der Waals surface area contributed by atoms with Gasteiger partial charge >= 0.3 is 0 Å². The van der Waals surface area contributed by atoms with Gasteiger partial charge in [0, 0.05) is 0 Å². The molecule has 0 saturated carbocycles. The predicted molar refractivity (Wildman–Crippen MR) is 53.1 cm³/mol. The highest BCUT2D eigenvalue weighted by Gasteiger charge is 2.06. The number of hydrogen-bond acceptors (Lipinski definition) is 0. The lowest BCUT2D eigenvalue weighted by Crippen LogP contribution is -2.02. The largest absolute Gasteiger partial charge is 0.248 e. The Balaban J connectivity index is 3.14. The van der Waals surface area contributed by atoms with Crippen LogP contribution in [0, 0.1) is 5.92 Å². The van der Waals surface area contributed by atoms with Gasteiger partial charge in [-0.15, -0.1) is 0 Å². The fraction of sp³-hybridized carbons (Fsp3) is 1.00. The summed E-state index contributed by atoms with van der Waals surface area (Å²) in [6, 6.07) is 0. The molecule has 0 amide bonds. The number of rotatable bonds is 7. The highest BCUT2D eigenvalue weighted by Crippen LogP contribution is 2.16. The van der Waals surface area contributed by atoms with Gasteiger partial charge in [-0.1, -0.05) is 46.0 Å². The highest BCUT2D eigenvalue weighted by atomic mass is 19.1. The van der Waals surface area contributed by atoms with Crippen LogP contribution in [0.2, 0.25) is 0 Å². The summed E-state index contributed by atoms with van der Waals surface area (Å²) >= 11 is 0. The van der Waals surface area contributed by atoms with Crippen LogP contribution in [0.25, 0.3) is 0 Å². The van der Waals surface area contributed by atoms with Crippen LogP contribution < -0.4 is 0 Å². The second-order valence-electron chi connectivity index (χ2n) is 3.97. The molecule has 0 nitrogen and oxygen atoms in total. The van der Waals surface area contributed by atoms with Crippen LogP contribution in [-0.4, -0.2) is 6.17 Å². The topological polar surface area (TPSA) is 0 Å². The highest BCUT2D eigenvalue weighted by molar-refractivity contribution is 4.57. The monoisotopic (exact) mass is 174 g/mol. The van der Waals surface area contributed by atoms with E-state index in [1.807, 2.05) is 0 Å². The van der Waals surface area contributed by atoms with Crippen LogP contribution in [0.4, 0.5) is 4.39 Å². The predicted octanol–water partition coefficient (Wildman–Crippen LogP) is 4.34. The minimum absolute atomic E-state index is 0.571. The van der Waals surface area contributed by atoms with Crippen molar-refractivity contribution < 1.29 is 4.39 Å². The normalized spacial score (nSPS) is 16.0. The van der Waals surface area contributed by atoms with E-state index in [2.05, 4.69) is 13.8 Å². The molecule has 74 valence electrons. The van der Waals surface area contributed by atoms with E-state index in [1.54, 1.807) is 6.92 Å². The Labute approximate surface area is 76.6 Å². The third kappa shape index (κ3) is 8.03. The van der Waals surface area contributed by atoms with Crippen LogP contribution in [-0.2, 0) is 0 Å². The van der Waals surface area contributed by atoms with Crippen LogP contribution in [0.15, 0.2) is 0 Å². The molecule has 1 heteroatoms. The van der Waals surface area contributed by atoms with Gasteiger partial charge in [-0.2, -0.15) is 0 Å². The Bertz CT molecular complexity index is 89.0. The van der Waals surface area contributed by atoms with Crippen molar-refractivity contribution in [1.82, 2.24) is 0 Å². The number of unbranched alkanes of at least 4 members (excludes halogenated alkanes) is 3. The Morgan fingerprint density at radius 1 is 1.08 bits per heavy atom. The quantitative estimate of drug-likeness (QED) is 0.504. The Morgan fingerprint density at radius 3 is 2.25 bits per heavy atom. The zero-order valence-electron chi connectivity index (χ0n) is 8.78. The van der Waals surface area contributed by atoms with Gasteiger partial charge in [-0.05, 0) is 19.3 Å². The van der Waals surface area contributed by atoms with Gasteiger partial charge in [-0.25, -0.2) is 4.39 Å². The van der Waals surface area contributed by atoms with E-state index in [0.29, 0.717) is 5.92 Å². The third-order valence-electron chi connectivity index (χ3n) is 2.28. The molecular weight excluding hydrogens is 151 g/mol. The van der Waals surface area contributed by atoms with Crippen LogP contribution >= 0.6 is 0 Å². The van der Waals surface area contributed by atoms with Crippen molar-refractivity contribution in [1.29, 1.82) is 0 Å². The molecule has 0 saturated heterocycles. The lowest BCUT2D eigenvalue weighted by molar-refractivity contribution is 0.286. The van der Waals surface area contributed by atoms with E-state index in [1.165, 1.54) is 32.1 Å². The lowest BCUT2D eigenvalue weighted by atomic mass is 9.98. The minimum Gasteiger partial charge on any atom is -0.248 e. The van der Waals surface area contributed by atoms with Gasteiger partial charge in [0.2, 0.25) is 0 Å². The molecule has 0 aliphatic rings. The molecule has 2 atom stereocenters. The van der Waals surface area contributed by atoms with Crippen molar-refractivity contribution in [2.45, 2.75) is 65.5 Å². The van der Waals surface area contributed by atoms with Gasteiger partial charge in [0.05, 0.1) is 6.17 Å². The van der Waals surface area contributed by atoms with Gasteiger partial charge in [0.1, 0.15) is 0 Å². The molecule has 2 unspecified atom stereocenters. The zero-order chi connectivity index (χ0) is 9.40. The Hall–Kier alpha value is -0.0700. The van der Waals surface area contributed by atoms with Crippen LogP contribution in [0.1, 0.15) is 59.3 Å². The van der Waals surface area contributed by atoms with E-state index in [9.17, 15) is 4.39 Å². The molecule has 0 aromatic carbocycles. The Kier molecular flexibility index (Phi) is 7.53. The molecule has 0 aromatic heterocycles. The summed E-state index contributed by atoms with van der Waals surface area (Å²) in [4.78, 5) is 0. The van der Waals surface area contributed by atoms with Crippen molar-refractivity contribution in [3.05, 3.63) is 0 Å². The summed E-state index contributed by atoms with van der Waals surface area (Å²) in [6.07, 6.45) is 6.54. The van der Waals surface area contributed by atoms with Gasteiger partial charge in [-0.3, -0.25) is 0 Å². The summed E-state index contributed by atoms with van der Waals surface area (Å²) in [5, 5.41) is 0. The number of halogens is 1. The molecule has 0 heterocycles. The van der Waals surface area contributed by atoms with Gasteiger partial charge in [0.15, 0.2) is 0 Å². The maximum absolute atomic E-state index is 12.5. The fourth-order valence-electron chi connectivity index (χ4n) is 1.59. The first kappa shape index (κ1) is 11.9. The molecule has 0 radical (unpaired) electrons. The zero-order valence-corrected chi connectivity index (χ0v) is 8.78. The first-order valence-corrected chi connectivity index (χ1v) is 5.30. The summed E-state index contributed by atoms with van der Waals surface area (Å²) in [5.41, 5.74) is 0. The molecule has 0 aliphatic heterocycles. The number of hydrogen-bond donors (Lipinski definition) is 0. The van der Waals surface area contributed by atoms with E-state index in [0.717, 1.165) is 6.42 Å². The minimum atomic E-state index is -0.619. The van der Waals surface area contributed by atoms with Crippen molar-refractivity contribution in [2.75, 3.05) is 0 Å². The first-order chi connectivity index (χ1) is 5.66. The van der Waals surface area contributed by atoms with E-state index < -0.39 is 6.17 Å². The maximum atomic E-state index is 12.5. The summed E-state index contributed by atoms with van der Waals surface area (Å²) < 4.78 is 12.5. The van der Waals surface area contributed by atoms with Gasteiger partial charge in [0.25, 0.3) is 0 Å². The van der Waals surface area contributed by atoms with Crippen molar-refractivity contribution in [3.8, 4) is 0 Å². The number of alkyl halides is 1. The van der Waals surface area contributed by atoms with Crippen molar-refractivity contribution in [3.63, 3.8) is 0 Å². The second-order valence-corrected chi connectivity index (χ2v) is 3.97. The average Bonchev–Trinajstić information content (AvgIpc) is 1.97. The summed E-state index contributed by atoms with van der Waals surface area (Å²) in [7, 11) is 0. The van der Waals surface area contributed by atoms with Crippen molar-refractivity contribution in [2.24, 2.45) is 5.92 Å². The second kappa shape index (κ2) is 7.57. The van der Waals surface area contributed by atoms with E-state index >= 15 is 0 Å². The lowest BCUT2D eigenvalue weighted by Gasteiger charge is -2.11. The van der Waals surface area contributed by atoms with Crippen LogP contribution in [0.5, 0.6) is 0 Å². The molecule has 0 fully saturated rings. The molecule has 0 aromatic rings. The van der Waals surface area contributed by atoms with Crippen molar-refractivity contribution >= 4 is 0 Å². The summed E-state index contributed by atoms with van der Waals surface area (Å²) in [6.45, 7) is 6.03. The molecule has 0 spiro atoms. The molecular formula is C11H23F. The van der Waals surface area contributed by atoms with Gasteiger partial charge < -0.3 is 0 Å². The molecule has 0 rings (SSSR count). The Morgan fingerprint density at radius 2 is 1.75 bits per heavy atom. The molecule has 12 heavy (non-hydrogen) atoms. The molecule has 0 N–H and O–H groups in total. The first-order valence-electron chi connectivity index (χ1n) is 5.30. The smallest absolute Gasteiger partial charge is 0.0976 e. The molecule has 0 aliphatic carbocycles. The van der Waals surface area contributed by atoms with E-state index in [4.69, 9.17) is 0 Å². The molecule has 0 bridgehead atoms. The van der Waals surface area contributed by atoms with E-state index in [-0.39, 0.29) is 0 Å². The summed E-state index contributed by atoms with van der Waals surface area (Å²) in [5.74, 6) is 0.571. The van der Waals surface area contributed by atoms with Crippen LogP contribution in [0.3, 0.4) is 0 Å².